The summed E-state index contributed by atoms with van der Waals surface area (Å²) in [6.07, 6.45) is 5.93. The van der Waals surface area contributed by atoms with Gasteiger partial charge in [0.15, 0.2) is 28.0 Å². The number of methoxy groups -OCH3 is 1. The number of nitrogens with one attached hydrogen (secondary N) is 1. The molecule has 0 aliphatic carbocycles. The summed E-state index contributed by atoms with van der Waals surface area (Å²) in [6, 6.07) is 12.7. The lowest BCUT2D eigenvalue weighted by Crippen LogP contribution is -2.23. The number of hydrogen-bond donors (Lipinski definition) is 1. The van der Waals surface area contributed by atoms with E-state index in [0.717, 1.165) is 16.8 Å². The Morgan fingerprint density at radius 1 is 1.06 bits per heavy atom. The minimum absolute atomic E-state index is 0.351. The number of aryl methyl sites for hydroxylation is 1. The highest BCUT2D eigenvalue weighted by molar-refractivity contribution is 7.21. The highest BCUT2D eigenvalue weighted by Gasteiger charge is 2.19. The molecule has 0 fully saturated rings. The molecule has 0 spiro atoms. The van der Waals surface area contributed by atoms with Crippen molar-refractivity contribution >= 4 is 32.9 Å². The molecule has 5 rings (SSSR count). The van der Waals surface area contributed by atoms with Crippen LogP contribution in [0.25, 0.3) is 32.9 Å². The van der Waals surface area contributed by atoms with E-state index in [4.69, 9.17) is 4.74 Å². The van der Waals surface area contributed by atoms with Crippen LogP contribution in [0.2, 0.25) is 0 Å². The fourth-order valence-electron chi connectivity index (χ4n) is 3.49. The number of ether oxygens (including phenoxy) is 1. The van der Waals surface area contributed by atoms with Crippen LogP contribution >= 0.6 is 11.3 Å². The molecule has 4 heterocycles. The van der Waals surface area contributed by atoms with E-state index >= 15 is 0 Å². The molecule has 0 saturated heterocycles. The van der Waals surface area contributed by atoms with Crippen LogP contribution in [0.5, 0.6) is 5.75 Å². The van der Waals surface area contributed by atoms with Crippen LogP contribution in [0.1, 0.15) is 16.1 Å². The molecule has 0 bridgehead atoms. The number of thiazole rings is 1. The smallest absolute Gasteiger partial charge is 0.259 e. The number of anilines is 1. The number of para-hydroxylation sites is 1. The molecule has 9 nitrogen and oxygen atoms in total. The predicted octanol–water partition coefficient (Wildman–Crippen LogP) is 4.02. The monoisotopic (exact) mass is 470 g/mol. The fourth-order valence-corrected chi connectivity index (χ4v) is 4.29. The van der Waals surface area contributed by atoms with Crippen molar-refractivity contribution in [2.45, 2.75) is 6.92 Å². The number of aromatic nitrogens is 5. The summed E-state index contributed by atoms with van der Waals surface area (Å²) in [6.45, 7) is 1.87. The van der Waals surface area contributed by atoms with Crippen LogP contribution in [-0.2, 0) is 0 Å². The molecule has 1 amide bonds. The summed E-state index contributed by atoms with van der Waals surface area (Å²) >= 11 is 1.22. The molecule has 0 radical (unpaired) electrons. The molecule has 4 aromatic heterocycles. The summed E-state index contributed by atoms with van der Waals surface area (Å²) in [5, 5.41) is 14.5. The topological polar surface area (TPSA) is 117 Å². The van der Waals surface area contributed by atoms with Gasteiger partial charge in [-0.2, -0.15) is 9.71 Å². The maximum atomic E-state index is 13.2. The Bertz CT molecular complexity index is 1520. The van der Waals surface area contributed by atoms with Gasteiger partial charge in [0, 0.05) is 40.7 Å². The molecular weight excluding hydrogens is 452 g/mol. The predicted molar refractivity (Wildman–Crippen MR) is 129 cm³/mol. The number of rotatable bonds is 5. The zero-order chi connectivity index (χ0) is 23.7. The van der Waals surface area contributed by atoms with Gasteiger partial charge in [0.25, 0.3) is 5.91 Å². The van der Waals surface area contributed by atoms with Crippen molar-refractivity contribution in [2.75, 3.05) is 12.4 Å². The van der Waals surface area contributed by atoms with Gasteiger partial charge in [-0.3, -0.25) is 15.1 Å². The van der Waals surface area contributed by atoms with Crippen LogP contribution < -0.4 is 14.8 Å². The zero-order valence-corrected chi connectivity index (χ0v) is 19.0. The van der Waals surface area contributed by atoms with E-state index in [1.165, 1.54) is 23.7 Å². The van der Waals surface area contributed by atoms with E-state index in [9.17, 15) is 10.0 Å². The number of benzene rings is 1. The summed E-state index contributed by atoms with van der Waals surface area (Å²) in [7, 11) is 1.59. The first kappa shape index (κ1) is 21.4. The Hall–Kier alpha value is -4.44. The van der Waals surface area contributed by atoms with Gasteiger partial charge >= 0.3 is 0 Å². The lowest BCUT2D eigenvalue weighted by atomic mass is 9.99. The average molecular weight is 471 g/mol. The molecule has 34 heavy (non-hydrogen) atoms. The van der Waals surface area contributed by atoms with Gasteiger partial charge < -0.3 is 9.94 Å². The largest absolute Gasteiger partial charge is 0.619 e. The van der Waals surface area contributed by atoms with Gasteiger partial charge in [-0.05, 0) is 19.1 Å². The second kappa shape index (κ2) is 8.83. The summed E-state index contributed by atoms with van der Waals surface area (Å²) in [4.78, 5) is 31.4. The van der Waals surface area contributed by atoms with E-state index in [2.05, 4.69) is 25.3 Å². The van der Waals surface area contributed by atoms with Gasteiger partial charge in [-0.1, -0.05) is 29.5 Å². The number of amides is 1. The van der Waals surface area contributed by atoms with Gasteiger partial charge in [-0.25, -0.2) is 9.97 Å². The minimum Gasteiger partial charge on any atom is -0.619 e. The third kappa shape index (κ3) is 4.14. The van der Waals surface area contributed by atoms with Crippen LogP contribution in [-0.4, -0.2) is 33.0 Å². The molecule has 0 aliphatic rings. The van der Waals surface area contributed by atoms with Gasteiger partial charge in [-0.15, -0.1) is 0 Å². The molecule has 1 aromatic carbocycles. The third-order valence-electron chi connectivity index (χ3n) is 5.12. The van der Waals surface area contributed by atoms with Crippen LogP contribution in [0.4, 0.5) is 5.13 Å². The Morgan fingerprint density at radius 3 is 2.65 bits per heavy atom. The van der Waals surface area contributed by atoms with Crippen molar-refractivity contribution in [1.29, 1.82) is 0 Å². The zero-order valence-electron chi connectivity index (χ0n) is 18.2. The molecule has 0 unspecified atom stereocenters. The maximum absolute atomic E-state index is 13.2. The normalized spacial score (nSPS) is 10.9. The number of carbonyl (C=O) groups excluding carboxylic acids is 1. The third-order valence-corrected chi connectivity index (χ3v) is 5.98. The first-order valence-corrected chi connectivity index (χ1v) is 11.1. The molecule has 1 N–H and O–H groups in total. The lowest BCUT2D eigenvalue weighted by Gasteiger charge is -2.13. The maximum Gasteiger partial charge on any atom is 0.259 e. The van der Waals surface area contributed by atoms with Crippen LogP contribution in [0, 0.1) is 12.1 Å². The van der Waals surface area contributed by atoms with Crippen molar-refractivity contribution in [3.05, 3.63) is 83.7 Å². The van der Waals surface area contributed by atoms with Crippen molar-refractivity contribution < 1.29 is 14.3 Å². The van der Waals surface area contributed by atoms with Crippen molar-refractivity contribution in [3.8, 4) is 28.1 Å². The summed E-state index contributed by atoms with van der Waals surface area (Å²) in [5.74, 6) is 0.308. The number of hydrogen-bond acceptors (Lipinski definition) is 8. The number of fused-ring (bicyclic) bond motifs is 1. The van der Waals surface area contributed by atoms with E-state index in [0.29, 0.717) is 42.9 Å². The molecular formula is C24H18N6O3S. The second-order valence-electron chi connectivity index (χ2n) is 7.38. The SMILES string of the molecule is COc1ccccc1-c1cc(C)ncc1C(=O)Nc1nc2ncc(-c3cc[n+]([O-])cc3)nc2s1. The van der Waals surface area contributed by atoms with Gasteiger partial charge in [0.1, 0.15) is 5.75 Å². The van der Waals surface area contributed by atoms with E-state index in [-0.39, 0.29) is 5.91 Å². The molecule has 10 heteroatoms. The van der Waals surface area contributed by atoms with E-state index in [1.54, 1.807) is 31.6 Å². The standard InChI is InChI=1S/C24H18N6O3S/c1-14-11-17(16-5-3-4-6-20(16)33-2)18(12-25-14)22(31)29-24-28-21-23(34-24)27-19(13-26-21)15-7-9-30(32)10-8-15/h3-13H,1-2H3,(H,26,28,29,31). The van der Waals surface area contributed by atoms with Crippen LogP contribution in [0.15, 0.2) is 67.3 Å². The molecule has 0 saturated carbocycles. The highest BCUT2D eigenvalue weighted by Crippen LogP contribution is 2.33. The molecule has 0 atom stereocenters. The fraction of sp³-hybridized carbons (Fsp3) is 0.0833. The molecule has 0 aliphatic heterocycles. The highest BCUT2D eigenvalue weighted by atomic mass is 32.1. The minimum atomic E-state index is -0.351. The second-order valence-corrected chi connectivity index (χ2v) is 8.35. The number of nitrogens with zero attached hydrogens (tertiary/aromatic N) is 5. The Balaban J connectivity index is 1.47. The molecule has 168 valence electrons. The number of pyridine rings is 2. The van der Waals surface area contributed by atoms with Gasteiger partial charge in [0.2, 0.25) is 0 Å². The molecule has 5 aromatic rings. The Kier molecular flexibility index (Phi) is 5.56. The van der Waals surface area contributed by atoms with Gasteiger partial charge in [0.05, 0.1) is 24.6 Å². The number of carbonyl (C=O) groups is 1. The van der Waals surface area contributed by atoms with Crippen LogP contribution in [0.3, 0.4) is 0 Å². The van der Waals surface area contributed by atoms with Crippen molar-refractivity contribution in [1.82, 2.24) is 19.9 Å². The summed E-state index contributed by atoms with van der Waals surface area (Å²) in [5.41, 5.74) is 4.46. The Morgan fingerprint density at radius 2 is 1.85 bits per heavy atom. The van der Waals surface area contributed by atoms with Crippen molar-refractivity contribution in [3.63, 3.8) is 0 Å². The first-order chi connectivity index (χ1) is 16.5. The first-order valence-electron chi connectivity index (χ1n) is 10.3. The van der Waals surface area contributed by atoms with E-state index in [1.807, 2.05) is 37.3 Å². The quantitative estimate of drug-likeness (QED) is 0.305. The lowest BCUT2D eigenvalue weighted by molar-refractivity contribution is -0.605. The van der Waals surface area contributed by atoms with E-state index < -0.39 is 0 Å². The summed E-state index contributed by atoms with van der Waals surface area (Å²) < 4.78 is 6.19. The van der Waals surface area contributed by atoms with Crippen molar-refractivity contribution in [2.24, 2.45) is 0 Å². The average Bonchev–Trinajstić information content (AvgIpc) is 3.25. The Labute approximate surface area is 198 Å².